The second kappa shape index (κ2) is 8.50. The highest BCUT2D eigenvalue weighted by Gasteiger charge is 2.27. The van der Waals surface area contributed by atoms with E-state index < -0.39 is 0 Å². The fraction of sp³-hybridized carbons (Fsp3) is 0.440. The Bertz CT molecular complexity index is 929. The van der Waals surface area contributed by atoms with Crippen molar-refractivity contribution < 1.29 is 19.1 Å². The summed E-state index contributed by atoms with van der Waals surface area (Å²) in [6.07, 6.45) is 5.58. The van der Waals surface area contributed by atoms with Gasteiger partial charge in [-0.2, -0.15) is 0 Å². The Morgan fingerprint density at radius 1 is 1.13 bits per heavy atom. The van der Waals surface area contributed by atoms with Gasteiger partial charge in [-0.05, 0) is 81.0 Å². The van der Waals surface area contributed by atoms with Gasteiger partial charge in [0.1, 0.15) is 11.4 Å². The van der Waals surface area contributed by atoms with E-state index in [1.165, 1.54) is 0 Å². The van der Waals surface area contributed by atoms with E-state index in [-0.39, 0.29) is 23.4 Å². The molecule has 4 rings (SSSR count). The molecule has 1 amide bonds. The second-order valence-electron chi connectivity index (χ2n) is 8.88. The van der Waals surface area contributed by atoms with Crippen LogP contribution in [0.4, 0.5) is 5.69 Å². The van der Waals surface area contributed by atoms with Gasteiger partial charge in [0.15, 0.2) is 0 Å². The molecule has 1 heterocycles. The lowest BCUT2D eigenvalue weighted by Gasteiger charge is -2.32. The number of ether oxygens (including phenoxy) is 2. The average Bonchev–Trinajstić information content (AvgIpc) is 2.67. The molecule has 158 valence electrons. The van der Waals surface area contributed by atoms with Gasteiger partial charge >= 0.3 is 5.97 Å². The molecule has 2 aliphatic rings. The number of hydrogen-bond donors (Lipinski definition) is 1. The Labute approximate surface area is 177 Å². The smallest absolute Gasteiger partial charge is 0.338 e. The summed E-state index contributed by atoms with van der Waals surface area (Å²) in [4.78, 5) is 24.4. The maximum atomic E-state index is 12.4. The number of carbonyl (C=O) groups excluding carboxylic acids is 2. The van der Waals surface area contributed by atoms with Gasteiger partial charge in [-0.15, -0.1) is 0 Å². The van der Waals surface area contributed by atoms with Crippen LogP contribution in [0.5, 0.6) is 5.75 Å². The molecule has 2 aromatic rings. The fourth-order valence-electron chi connectivity index (χ4n) is 3.80. The van der Waals surface area contributed by atoms with Gasteiger partial charge < -0.3 is 14.8 Å². The molecule has 0 atom stereocenters. The van der Waals surface area contributed by atoms with Crippen LogP contribution in [0.25, 0.3) is 0 Å². The highest BCUT2D eigenvalue weighted by Crippen LogP contribution is 2.33. The minimum Gasteiger partial charge on any atom is -0.488 e. The third-order valence-corrected chi connectivity index (χ3v) is 6.00. The van der Waals surface area contributed by atoms with E-state index in [9.17, 15) is 9.59 Å². The average molecular weight is 408 g/mol. The lowest BCUT2D eigenvalue weighted by atomic mass is 9.85. The molecule has 0 saturated heterocycles. The maximum absolute atomic E-state index is 12.4. The van der Waals surface area contributed by atoms with Crippen molar-refractivity contribution in [3.05, 3.63) is 59.2 Å². The Morgan fingerprint density at radius 2 is 1.90 bits per heavy atom. The molecule has 1 aliphatic carbocycles. The quantitative estimate of drug-likeness (QED) is 0.690. The SMILES string of the molecule is CC1(C)CCc2cc(C(=O)OCCc3ccc(NC(=O)C4CCC4)cc3)ccc2O1. The normalized spacial score (nSPS) is 17.3. The van der Waals surface area contributed by atoms with Crippen molar-refractivity contribution in [2.75, 3.05) is 11.9 Å². The molecule has 30 heavy (non-hydrogen) atoms. The Balaban J connectivity index is 1.26. The maximum Gasteiger partial charge on any atom is 0.338 e. The Hall–Kier alpha value is -2.82. The molecule has 5 heteroatoms. The van der Waals surface area contributed by atoms with Crippen LogP contribution in [0.15, 0.2) is 42.5 Å². The number of amides is 1. The van der Waals surface area contributed by atoms with Gasteiger partial charge in [0.25, 0.3) is 0 Å². The molecule has 1 saturated carbocycles. The van der Waals surface area contributed by atoms with Crippen LogP contribution in [0.1, 0.15) is 61.0 Å². The standard InChI is InChI=1S/C25H29NO4/c1-25(2)14-12-19-16-20(8-11-22(19)30-25)24(28)29-15-13-17-6-9-21(10-7-17)26-23(27)18-4-3-5-18/h6-11,16,18H,3-5,12-15H2,1-2H3,(H,26,27). The highest BCUT2D eigenvalue weighted by molar-refractivity contribution is 5.93. The summed E-state index contributed by atoms with van der Waals surface area (Å²) in [5.74, 6) is 0.826. The molecular weight excluding hydrogens is 378 g/mol. The second-order valence-corrected chi connectivity index (χ2v) is 8.88. The van der Waals surface area contributed by atoms with Crippen molar-refractivity contribution in [3.63, 3.8) is 0 Å². The number of carbonyl (C=O) groups is 2. The summed E-state index contributed by atoms with van der Waals surface area (Å²) >= 11 is 0. The molecule has 0 bridgehead atoms. The number of esters is 1. The topological polar surface area (TPSA) is 64.6 Å². The molecule has 5 nitrogen and oxygen atoms in total. The van der Waals surface area contributed by atoms with E-state index in [1.54, 1.807) is 6.07 Å². The highest BCUT2D eigenvalue weighted by atomic mass is 16.5. The minimum absolute atomic E-state index is 0.113. The van der Waals surface area contributed by atoms with E-state index in [2.05, 4.69) is 19.2 Å². The van der Waals surface area contributed by atoms with E-state index in [1.807, 2.05) is 36.4 Å². The van der Waals surface area contributed by atoms with E-state index in [0.717, 1.165) is 54.7 Å². The molecule has 1 N–H and O–H groups in total. The number of aryl methyl sites for hydroxylation is 1. The number of rotatable bonds is 6. The first-order chi connectivity index (χ1) is 14.4. The summed E-state index contributed by atoms with van der Waals surface area (Å²) in [5.41, 5.74) is 3.33. The van der Waals surface area contributed by atoms with E-state index >= 15 is 0 Å². The number of nitrogens with one attached hydrogen (secondary N) is 1. The number of anilines is 1. The van der Waals surface area contributed by atoms with Gasteiger partial charge in [0.2, 0.25) is 5.91 Å². The zero-order valence-electron chi connectivity index (χ0n) is 17.7. The van der Waals surface area contributed by atoms with Crippen molar-refractivity contribution >= 4 is 17.6 Å². The van der Waals surface area contributed by atoms with Crippen molar-refractivity contribution in [3.8, 4) is 5.75 Å². The van der Waals surface area contributed by atoms with Crippen LogP contribution >= 0.6 is 0 Å². The zero-order chi connectivity index (χ0) is 21.1. The largest absolute Gasteiger partial charge is 0.488 e. The molecule has 1 fully saturated rings. The van der Waals surface area contributed by atoms with E-state index in [4.69, 9.17) is 9.47 Å². The van der Waals surface area contributed by atoms with Crippen LogP contribution in [-0.4, -0.2) is 24.1 Å². The summed E-state index contributed by atoms with van der Waals surface area (Å²) in [7, 11) is 0. The third kappa shape index (κ3) is 4.84. The lowest BCUT2D eigenvalue weighted by molar-refractivity contribution is -0.122. The number of benzene rings is 2. The van der Waals surface area contributed by atoms with Crippen LogP contribution in [0.3, 0.4) is 0 Å². The van der Waals surface area contributed by atoms with Gasteiger partial charge in [-0.3, -0.25) is 4.79 Å². The Morgan fingerprint density at radius 3 is 2.60 bits per heavy atom. The van der Waals surface area contributed by atoms with Crippen LogP contribution in [0, 0.1) is 5.92 Å². The molecule has 0 radical (unpaired) electrons. The van der Waals surface area contributed by atoms with Gasteiger partial charge in [0.05, 0.1) is 12.2 Å². The molecule has 0 unspecified atom stereocenters. The third-order valence-electron chi connectivity index (χ3n) is 6.00. The molecule has 1 aliphatic heterocycles. The molecule has 0 aromatic heterocycles. The first-order valence-electron chi connectivity index (χ1n) is 10.8. The van der Waals surface area contributed by atoms with Crippen LogP contribution < -0.4 is 10.1 Å². The number of hydrogen-bond acceptors (Lipinski definition) is 4. The van der Waals surface area contributed by atoms with E-state index in [0.29, 0.717) is 18.6 Å². The van der Waals surface area contributed by atoms with Crippen molar-refractivity contribution in [2.24, 2.45) is 5.92 Å². The summed E-state index contributed by atoms with van der Waals surface area (Å²) in [6, 6.07) is 13.2. The summed E-state index contributed by atoms with van der Waals surface area (Å²) < 4.78 is 11.4. The first-order valence-corrected chi connectivity index (χ1v) is 10.8. The minimum atomic E-state index is -0.313. The van der Waals surface area contributed by atoms with Gasteiger partial charge in [-0.25, -0.2) is 4.79 Å². The van der Waals surface area contributed by atoms with Crippen molar-refractivity contribution in [2.45, 2.75) is 58.0 Å². The summed E-state index contributed by atoms with van der Waals surface area (Å²) in [6.45, 7) is 4.47. The number of fused-ring (bicyclic) bond motifs is 1. The van der Waals surface area contributed by atoms with Crippen molar-refractivity contribution in [1.82, 2.24) is 0 Å². The molecule has 2 aromatic carbocycles. The lowest BCUT2D eigenvalue weighted by Crippen LogP contribution is -2.32. The predicted octanol–water partition coefficient (Wildman–Crippen LogP) is 4.93. The van der Waals surface area contributed by atoms with Gasteiger partial charge in [0, 0.05) is 18.0 Å². The van der Waals surface area contributed by atoms with Crippen molar-refractivity contribution in [1.29, 1.82) is 0 Å². The molecule has 0 spiro atoms. The Kier molecular flexibility index (Phi) is 5.80. The van der Waals surface area contributed by atoms with Crippen LogP contribution in [0.2, 0.25) is 0 Å². The van der Waals surface area contributed by atoms with Gasteiger partial charge in [-0.1, -0.05) is 18.6 Å². The predicted molar refractivity (Wildman–Crippen MR) is 116 cm³/mol. The van der Waals surface area contributed by atoms with Crippen LogP contribution in [-0.2, 0) is 22.4 Å². The fourth-order valence-corrected chi connectivity index (χ4v) is 3.80. The zero-order valence-corrected chi connectivity index (χ0v) is 17.7. The summed E-state index contributed by atoms with van der Waals surface area (Å²) in [5, 5.41) is 2.96. The monoisotopic (exact) mass is 407 g/mol. The molecular formula is C25H29NO4. The first kappa shape index (κ1) is 20.5.